The fourth-order valence-corrected chi connectivity index (χ4v) is 13.9. The van der Waals surface area contributed by atoms with Crippen LogP contribution in [0.25, 0.3) is 0 Å². The maximum absolute atomic E-state index is 12.9. The van der Waals surface area contributed by atoms with Crippen molar-refractivity contribution in [3.63, 3.8) is 0 Å². The first-order valence-corrected chi connectivity index (χ1v) is 36.0. The summed E-state index contributed by atoms with van der Waals surface area (Å²) < 4.78 is 48.1. The molecule has 0 aromatic heterocycles. The second kappa shape index (κ2) is 33.7. The van der Waals surface area contributed by atoms with Gasteiger partial charge in [0.2, 0.25) is 0 Å². The largest absolute Gasteiger partial charge is 0.507 e. The van der Waals surface area contributed by atoms with Gasteiger partial charge < -0.3 is 141 Å². The average molecular weight is 1500 g/mol. The number of thiocarbonyl (C=S) groups is 2. The predicted octanol–water partition coefficient (Wildman–Crippen LogP) is -0.102. The molecule has 4 aliphatic heterocycles. The van der Waals surface area contributed by atoms with E-state index in [1.807, 2.05) is 24.3 Å². The molecule has 5 aliphatic rings. The van der Waals surface area contributed by atoms with Gasteiger partial charge in [-0.2, -0.15) is 0 Å². The van der Waals surface area contributed by atoms with Crippen molar-refractivity contribution in [3.8, 4) is 23.0 Å². The molecule has 20 N–H and O–H groups in total. The molecule has 0 amide bonds. The van der Waals surface area contributed by atoms with Gasteiger partial charge in [-0.15, -0.1) is 0 Å². The molecule has 4 fully saturated rings. The van der Waals surface area contributed by atoms with Crippen LogP contribution in [0.2, 0.25) is 0 Å². The molecule has 20 atom stereocenters. The van der Waals surface area contributed by atoms with E-state index in [0.717, 1.165) is 44.5 Å². The highest BCUT2D eigenvalue weighted by Crippen LogP contribution is 2.45. The van der Waals surface area contributed by atoms with Gasteiger partial charge in [0.25, 0.3) is 0 Å². The third kappa shape index (κ3) is 18.8. The van der Waals surface area contributed by atoms with Crippen LogP contribution in [-0.2, 0) is 75.8 Å². The van der Waals surface area contributed by atoms with E-state index in [2.05, 4.69) is 129 Å². The zero-order valence-corrected chi connectivity index (χ0v) is 62.5. The van der Waals surface area contributed by atoms with Gasteiger partial charge in [-0.3, -0.25) is 0 Å². The van der Waals surface area contributed by atoms with Gasteiger partial charge in [-0.05, 0) is 113 Å². The molecule has 8 bridgehead atoms. The number of aromatic hydroxyl groups is 2. The van der Waals surface area contributed by atoms with Crippen molar-refractivity contribution in [3.05, 3.63) is 115 Å². The summed E-state index contributed by atoms with van der Waals surface area (Å²) >= 11 is 11.4. The smallest absolute Gasteiger partial charge is 0.187 e. The van der Waals surface area contributed by atoms with Crippen LogP contribution in [0.1, 0.15) is 150 Å². The summed E-state index contributed by atoms with van der Waals surface area (Å²) in [6, 6.07) is 16.4. The molecule has 104 heavy (non-hydrogen) atoms. The third-order valence-electron chi connectivity index (χ3n) is 19.8. The molecular weight excluding hydrogens is 1390 g/mol. The van der Waals surface area contributed by atoms with Crippen LogP contribution < -0.4 is 30.7 Å². The number of hydrogen-bond donors (Lipinski definition) is 20. The van der Waals surface area contributed by atoms with Crippen LogP contribution >= 0.6 is 24.4 Å². The lowest BCUT2D eigenvalue weighted by Crippen LogP contribution is -2.67. The summed E-state index contributed by atoms with van der Waals surface area (Å²) in [5, 5.41) is 186. The Bertz CT molecular complexity index is 3280. The van der Waals surface area contributed by atoms with Gasteiger partial charge in [0.1, 0.15) is 134 Å². The van der Waals surface area contributed by atoms with Gasteiger partial charge >= 0.3 is 0 Å². The highest BCUT2D eigenvalue weighted by Gasteiger charge is 2.53. The number of nitrogens with one attached hydrogen (secondary N) is 4. The molecule has 0 saturated carbocycles. The monoisotopic (exact) mass is 1500 g/mol. The number of aliphatic hydroxyl groups excluding tert-OH is 14. The molecule has 28 nitrogen and oxygen atoms in total. The summed E-state index contributed by atoms with van der Waals surface area (Å²) in [4.78, 5) is 0. The number of aliphatic hydroxyl groups is 14. The lowest BCUT2D eigenvalue weighted by molar-refractivity contribution is -0.342. The summed E-state index contributed by atoms with van der Waals surface area (Å²) in [5.74, 6) is 1.12. The fourth-order valence-electron chi connectivity index (χ4n) is 13.4. The SMILES string of the molecule is CC(C)(C)c1cc2c(O)c(c1)Cc1cc(C(C)(C)C)cc(c1OCCNC(=S)N[C@@H]1O[C@H](CO)[C@@H](O[C@@H]3O[C@H](CO)[C@H](O)[C@H](O)[C@H]3O)[C@H](O)[C@H]1O)Cc1cc(C(C)(C)C)cc(c1O)Cc1cc(C(C)(C)C)cc(c1OCCNC(=S)N[C@@H]1O[C@H](CO)[C@@H](O[C@@H]3O[C@H](CO)[C@H](O)[C@H](O)[C@H]3O)[C@H](O)[C@H]1O)C2. The van der Waals surface area contributed by atoms with Crippen LogP contribution in [0.3, 0.4) is 0 Å². The van der Waals surface area contributed by atoms with Crippen LogP contribution in [0.5, 0.6) is 23.0 Å². The van der Waals surface area contributed by atoms with Crippen molar-refractivity contribution in [1.29, 1.82) is 0 Å². The molecule has 30 heteroatoms. The van der Waals surface area contributed by atoms with Crippen molar-refractivity contribution in [1.82, 2.24) is 21.3 Å². The zero-order chi connectivity index (χ0) is 76.6. The quantitative estimate of drug-likeness (QED) is 0.0402. The summed E-state index contributed by atoms with van der Waals surface area (Å²) in [7, 11) is 0. The van der Waals surface area contributed by atoms with E-state index in [4.69, 9.17) is 62.3 Å². The maximum atomic E-state index is 12.9. The molecule has 0 radical (unpaired) electrons. The minimum absolute atomic E-state index is 0.00548. The summed E-state index contributed by atoms with van der Waals surface area (Å²) in [6.07, 6.45) is -31.7. The molecule has 4 aromatic carbocycles. The third-order valence-corrected chi connectivity index (χ3v) is 20.4. The molecule has 9 rings (SSSR count). The minimum atomic E-state index is -1.84. The van der Waals surface area contributed by atoms with E-state index in [1.54, 1.807) is 0 Å². The number of ether oxygens (including phenoxy) is 8. The average Bonchev–Trinajstić information content (AvgIpc) is 0.767. The molecule has 4 aromatic rings. The first-order valence-electron chi connectivity index (χ1n) is 35.2. The highest BCUT2D eigenvalue weighted by atomic mass is 32.1. The minimum Gasteiger partial charge on any atom is -0.507 e. The Labute approximate surface area is 616 Å². The van der Waals surface area contributed by atoms with Gasteiger partial charge in [0.05, 0.1) is 39.5 Å². The zero-order valence-electron chi connectivity index (χ0n) is 60.9. The molecule has 4 saturated heterocycles. The van der Waals surface area contributed by atoms with E-state index < -0.39 is 171 Å². The van der Waals surface area contributed by atoms with E-state index in [-0.39, 0.29) is 73.7 Å². The van der Waals surface area contributed by atoms with Gasteiger partial charge in [0.15, 0.2) is 35.3 Å². The fraction of sp³-hybridized carbons (Fsp3) is 0.649. The molecule has 1 aliphatic carbocycles. The van der Waals surface area contributed by atoms with Crippen LogP contribution in [0.15, 0.2) is 48.5 Å². The lowest BCUT2D eigenvalue weighted by Gasteiger charge is -2.46. The number of phenolic OH excluding ortho intramolecular Hbond substituents is 2. The number of hydrogen-bond acceptors (Lipinski definition) is 26. The second-order valence-electron chi connectivity index (χ2n) is 31.9. The Morgan fingerprint density at radius 2 is 0.644 bits per heavy atom. The number of phenols is 2. The molecule has 580 valence electrons. The maximum Gasteiger partial charge on any atom is 0.187 e. The normalized spacial score (nSPS) is 30.6. The van der Waals surface area contributed by atoms with Crippen LogP contribution in [0, 0.1) is 0 Å². The molecule has 4 heterocycles. The Hall–Kier alpha value is -5.34. The van der Waals surface area contributed by atoms with Crippen LogP contribution in [-0.4, -0.2) is 267 Å². The summed E-state index contributed by atoms with van der Waals surface area (Å²) in [5.41, 5.74) is 7.57. The first-order chi connectivity index (χ1) is 48.7. The number of rotatable bonds is 18. The second-order valence-corrected chi connectivity index (χ2v) is 32.7. The van der Waals surface area contributed by atoms with Crippen molar-refractivity contribution in [2.75, 3.05) is 52.7 Å². The molecule has 0 unspecified atom stereocenters. The van der Waals surface area contributed by atoms with E-state index in [1.165, 1.54) is 0 Å². The summed E-state index contributed by atoms with van der Waals surface area (Å²) in [6.45, 7) is 22.4. The van der Waals surface area contributed by atoms with Crippen molar-refractivity contribution in [2.45, 2.75) is 253 Å². The first kappa shape index (κ1) is 82.7. The molecular formula is C74H108N4O24S2. The Balaban J connectivity index is 1.00. The van der Waals surface area contributed by atoms with Gasteiger partial charge in [0, 0.05) is 25.7 Å². The predicted molar refractivity (Wildman–Crippen MR) is 386 cm³/mol. The van der Waals surface area contributed by atoms with E-state index in [9.17, 15) is 81.7 Å². The van der Waals surface area contributed by atoms with E-state index >= 15 is 0 Å². The topological polar surface area (TPSA) is 446 Å². The Morgan fingerprint density at radius 1 is 0.375 bits per heavy atom. The van der Waals surface area contributed by atoms with Crippen molar-refractivity contribution >= 4 is 34.7 Å². The molecule has 0 spiro atoms. The lowest BCUT2D eigenvalue weighted by atomic mass is 9.79. The Kier molecular flexibility index (Phi) is 26.8. The van der Waals surface area contributed by atoms with Gasteiger partial charge in [-0.1, -0.05) is 132 Å². The highest BCUT2D eigenvalue weighted by molar-refractivity contribution is 7.80. The van der Waals surface area contributed by atoms with Crippen LogP contribution in [0.4, 0.5) is 0 Å². The Morgan fingerprint density at radius 3 is 0.904 bits per heavy atom. The van der Waals surface area contributed by atoms with Crippen molar-refractivity contribution < 1.29 is 120 Å². The number of benzene rings is 4. The standard InChI is InChI=1S/C74H108N4O24S2/c1-71(2,3)41-21-33-17-37-25-43(73(7,8)9)27-39(61(37)95-15-13-75-69(103)77-65-57(91)55(89)63(47(31-81)97-65)101-67-59(93)53(87)51(85)45(29-79)99-67)19-35-23-42(72(4,5)6)24-36(50(35)84)20-40-28-44(74(10,11)12)26-38(18-34(22-41)49(33)83)62(40)96-16-14-76-70(104)78-66-58(92)56(90)64(48(32-82)98-66)102-68-60(94)54(88)52(86)46(30-80)100-68/h21-28,45-48,51-60,63-68,79-94H,13-20,29-32H2,1-12H3,(H2,75,77,103)(H2,76,78,104)/t45-,46-,47-,48-,51+,52+,53+,54+,55-,56-,57-,58-,59-,60-,63-,64-,65-,66-,67+,68+/m1/s1. The van der Waals surface area contributed by atoms with Crippen molar-refractivity contribution in [2.24, 2.45) is 0 Å². The van der Waals surface area contributed by atoms with E-state index in [0.29, 0.717) is 33.8 Å². The van der Waals surface area contributed by atoms with Gasteiger partial charge in [-0.25, -0.2) is 0 Å². The number of fused-ring (bicyclic) bond motifs is 8.